The number of hydrogen-bond acceptors (Lipinski definition) is 5. The molecule has 5 heteroatoms. The van der Waals surface area contributed by atoms with Gasteiger partial charge in [0, 0.05) is 18.5 Å². The predicted molar refractivity (Wildman–Crippen MR) is 108 cm³/mol. The lowest BCUT2D eigenvalue weighted by Crippen LogP contribution is -2.05. The van der Waals surface area contributed by atoms with Crippen molar-refractivity contribution in [3.63, 3.8) is 0 Å². The van der Waals surface area contributed by atoms with Gasteiger partial charge in [-0.25, -0.2) is 9.97 Å². The van der Waals surface area contributed by atoms with Crippen LogP contribution in [0, 0.1) is 0 Å². The van der Waals surface area contributed by atoms with Crippen LogP contribution in [0.1, 0.15) is 30.8 Å². The fourth-order valence-corrected chi connectivity index (χ4v) is 3.02. The van der Waals surface area contributed by atoms with Crippen LogP contribution in [-0.2, 0) is 19.4 Å². The number of benzene rings is 2. The van der Waals surface area contributed by atoms with Crippen molar-refractivity contribution in [3.8, 4) is 11.3 Å². The summed E-state index contributed by atoms with van der Waals surface area (Å²) >= 11 is 0. The summed E-state index contributed by atoms with van der Waals surface area (Å²) in [7, 11) is 0. The molecule has 5 nitrogen and oxygen atoms in total. The maximum atomic E-state index is 5.62. The number of hydrogen-bond donors (Lipinski definition) is 1. The van der Waals surface area contributed by atoms with Gasteiger partial charge in [-0.15, -0.1) is 0 Å². The van der Waals surface area contributed by atoms with E-state index in [0.29, 0.717) is 17.9 Å². The molecule has 0 aliphatic carbocycles. The zero-order valence-electron chi connectivity index (χ0n) is 15.6. The summed E-state index contributed by atoms with van der Waals surface area (Å²) in [6.07, 6.45) is 1.79. The van der Waals surface area contributed by atoms with Crippen molar-refractivity contribution in [1.29, 1.82) is 0 Å². The van der Waals surface area contributed by atoms with Crippen molar-refractivity contribution in [3.05, 3.63) is 71.5 Å². The van der Waals surface area contributed by atoms with Gasteiger partial charge in [-0.05, 0) is 17.5 Å². The van der Waals surface area contributed by atoms with Crippen molar-refractivity contribution in [2.75, 3.05) is 5.32 Å². The molecule has 0 radical (unpaired) electrons. The molecule has 0 aliphatic rings. The van der Waals surface area contributed by atoms with Gasteiger partial charge in [-0.3, -0.25) is 0 Å². The summed E-state index contributed by atoms with van der Waals surface area (Å²) in [4.78, 5) is 9.28. The molecule has 2 aromatic heterocycles. The standard InChI is InChI=1S/C22H22N4O/c1-3-15-10-12-16(13-11-15)14-23-22-21-20(24-18(4-2)25-22)19(26-27-21)17-8-6-5-7-9-17/h5-13H,3-4,14H2,1-2H3,(H,23,24,25). The van der Waals surface area contributed by atoms with E-state index in [9.17, 15) is 0 Å². The maximum absolute atomic E-state index is 5.62. The molecular weight excluding hydrogens is 336 g/mol. The first-order valence-electron chi connectivity index (χ1n) is 9.32. The number of aryl methyl sites for hydroxylation is 2. The summed E-state index contributed by atoms with van der Waals surface area (Å²) in [5.41, 5.74) is 5.60. The molecule has 0 bridgehead atoms. The highest BCUT2D eigenvalue weighted by atomic mass is 16.5. The Kier molecular flexibility index (Phi) is 4.83. The molecule has 136 valence electrons. The Morgan fingerprint density at radius 1 is 0.852 bits per heavy atom. The van der Waals surface area contributed by atoms with Gasteiger partial charge in [0.15, 0.2) is 5.82 Å². The van der Waals surface area contributed by atoms with Crippen LogP contribution in [0.3, 0.4) is 0 Å². The molecule has 27 heavy (non-hydrogen) atoms. The summed E-state index contributed by atoms with van der Waals surface area (Å²) < 4.78 is 5.62. The molecule has 0 spiro atoms. The second kappa shape index (κ2) is 7.58. The van der Waals surface area contributed by atoms with Crippen LogP contribution >= 0.6 is 0 Å². The molecule has 0 fully saturated rings. The van der Waals surface area contributed by atoms with Crippen molar-refractivity contribution in [2.24, 2.45) is 0 Å². The summed E-state index contributed by atoms with van der Waals surface area (Å²) in [5, 5.41) is 7.66. The van der Waals surface area contributed by atoms with Crippen LogP contribution in [0.15, 0.2) is 59.1 Å². The van der Waals surface area contributed by atoms with Crippen LogP contribution in [-0.4, -0.2) is 15.1 Å². The molecule has 0 amide bonds. The Labute approximate surface area is 158 Å². The third-order valence-electron chi connectivity index (χ3n) is 4.62. The van der Waals surface area contributed by atoms with Gasteiger partial charge in [0.2, 0.25) is 5.58 Å². The van der Waals surface area contributed by atoms with E-state index < -0.39 is 0 Å². The lowest BCUT2D eigenvalue weighted by atomic mass is 10.1. The Morgan fingerprint density at radius 3 is 2.30 bits per heavy atom. The molecule has 1 N–H and O–H groups in total. The maximum Gasteiger partial charge on any atom is 0.228 e. The summed E-state index contributed by atoms with van der Waals surface area (Å²) in [5.74, 6) is 1.46. The minimum atomic E-state index is 0.594. The predicted octanol–water partition coefficient (Wildman–Crippen LogP) is 5.02. The van der Waals surface area contributed by atoms with E-state index in [1.807, 2.05) is 37.3 Å². The third kappa shape index (κ3) is 3.53. The zero-order valence-corrected chi connectivity index (χ0v) is 15.6. The smallest absolute Gasteiger partial charge is 0.228 e. The highest BCUT2D eigenvalue weighted by molar-refractivity contribution is 5.93. The number of fused-ring (bicyclic) bond motifs is 1. The quantitative estimate of drug-likeness (QED) is 0.524. The second-order valence-corrected chi connectivity index (χ2v) is 6.44. The molecule has 0 saturated carbocycles. The van der Waals surface area contributed by atoms with Gasteiger partial charge >= 0.3 is 0 Å². The van der Waals surface area contributed by atoms with Crippen LogP contribution in [0.25, 0.3) is 22.4 Å². The van der Waals surface area contributed by atoms with E-state index in [1.165, 1.54) is 11.1 Å². The lowest BCUT2D eigenvalue weighted by molar-refractivity contribution is 0.459. The van der Waals surface area contributed by atoms with Crippen molar-refractivity contribution >= 4 is 16.9 Å². The van der Waals surface area contributed by atoms with E-state index in [2.05, 4.69) is 51.6 Å². The van der Waals surface area contributed by atoms with Crippen LogP contribution in [0.5, 0.6) is 0 Å². The molecule has 0 atom stereocenters. The van der Waals surface area contributed by atoms with Gasteiger partial charge in [0.25, 0.3) is 0 Å². The molecule has 2 aromatic carbocycles. The molecule has 0 unspecified atom stereocenters. The minimum Gasteiger partial charge on any atom is -0.363 e. The average molecular weight is 358 g/mol. The van der Waals surface area contributed by atoms with Crippen molar-refractivity contribution < 1.29 is 4.52 Å². The third-order valence-corrected chi connectivity index (χ3v) is 4.62. The number of nitrogens with zero attached hydrogens (tertiary/aromatic N) is 3. The zero-order chi connectivity index (χ0) is 18.6. The van der Waals surface area contributed by atoms with Gasteiger partial charge < -0.3 is 9.84 Å². The monoisotopic (exact) mass is 358 g/mol. The van der Waals surface area contributed by atoms with Crippen molar-refractivity contribution in [2.45, 2.75) is 33.2 Å². The molecule has 4 aromatic rings. The second-order valence-electron chi connectivity index (χ2n) is 6.44. The van der Waals surface area contributed by atoms with E-state index in [1.54, 1.807) is 0 Å². The highest BCUT2D eigenvalue weighted by Gasteiger charge is 2.17. The van der Waals surface area contributed by atoms with E-state index >= 15 is 0 Å². The first-order valence-corrected chi connectivity index (χ1v) is 9.32. The fourth-order valence-electron chi connectivity index (χ4n) is 3.02. The van der Waals surface area contributed by atoms with Crippen molar-refractivity contribution in [1.82, 2.24) is 15.1 Å². The van der Waals surface area contributed by atoms with Crippen LogP contribution in [0.4, 0.5) is 5.82 Å². The Bertz CT molecular complexity index is 1040. The van der Waals surface area contributed by atoms with E-state index in [4.69, 9.17) is 4.52 Å². The molecular formula is C22H22N4O. The van der Waals surface area contributed by atoms with E-state index in [0.717, 1.165) is 35.4 Å². The first-order chi connectivity index (χ1) is 13.3. The molecule has 2 heterocycles. The van der Waals surface area contributed by atoms with Gasteiger partial charge in [-0.2, -0.15) is 0 Å². The van der Waals surface area contributed by atoms with E-state index in [-0.39, 0.29) is 0 Å². The number of rotatable bonds is 6. The fraction of sp³-hybridized carbons (Fsp3) is 0.227. The summed E-state index contributed by atoms with van der Waals surface area (Å²) in [6.45, 7) is 4.87. The number of nitrogens with one attached hydrogen (secondary N) is 1. The van der Waals surface area contributed by atoms with Gasteiger partial charge in [0.1, 0.15) is 17.0 Å². The molecule has 0 saturated heterocycles. The van der Waals surface area contributed by atoms with Gasteiger partial charge in [0.05, 0.1) is 0 Å². The molecule has 0 aliphatic heterocycles. The lowest BCUT2D eigenvalue weighted by Gasteiger charge is -2.08. The Hall–Kier alpha value is -3.21. The number of aromatic nitrogens is 3. The Morgan fingerprint density at radius 2 is 1.59 bits per heavy atom. The number of anilines is 1. The minimum absolute atomic E-state index is 0.594. The normalized spacial score (nSPS) is 11.0. The average Bonchev–Trinajstić information content (AvgIpc) is 3.17. The van der Waals surface area contributed by atoms with Crippen LogP contribution < -0.4 is 5.32 Å². The SMILES string of the molecule is CCc1ccc(CNc2nc(CC)nc3c(-c4ccccc4)noc23)cc1. The largest absolute Gasteiger partial charge is 0.363 e. The first kappa shape index (κ1) is 17.2. The summed E-state index contributed by atoms with van der Waals surface area (Å²) in [6, 6.07) is 18.6. The highest BCUT2D eigenvalue weighted by Crippen LogP contribution is 2.30. The Balaban J connectivity index is 1.68. The molecule has 4 rings (SSSR count). The van der Waals surface area contributed by atoms with Crippen LogP contribution in [0.2, 0.25) is 0 Å². The van der Waals surface area contributed by atoms with Gasteiger partial charge in [-0.1, -0.05) is 73.6 Å². The topological polar surface area (TPSA) is 63.8 Å².